The molecular formula is C15H16N2O2. The summed E-state index contributed by atoms with van der Waals surface area (Å²) in [5.41, 5.74) is 1.06. The fraction of sp³-hybridized carbons (Fsp3) is 0.333. The molecule has 0 aliphatic heterocycles. The normalized spacial score (nSPS) is 10.8. The lowest BCUT2D eigenvalue weighted by Crippen LogP contribution is -2.35. The summed E-state index contributed by atoms with van der Waals surface area (Å²) in [7, 11) is 1.67. The highest BCUT2D eigenvalue weighted by Gasteiger charge is 2.19. The van der Waals surface area contributed by atoms with Crippen LogP contribution in [0.15, 0.2) is 24.3 Å². The number of aliphatic hydroxyl groups is 1. The first kappa shape index (κ1) is 14.8. The maximum absolute atomic E-state index is 12.3. The zero-order chi connectivity index (χ0) is 14.3. The molecule has 1 aromatic carbocycles. The fourth-order valence-corrected chi connectivity index (χ4v) is 1.57. The zero-order valence-electron chi connectivity index (χ0n) is 11.1. The molecule has 4 heteroatoms. The standard InChI is InChI=1S/C15H16N2O2/c1-12(9-10-16)17(2)15(19)14-8-4-3-6-13(14)7-5-11-18/h3-4,6,8,12,18H,9,11H2,1-2H3. The molecule has 0 saturated heterocycles. The van der Waals surface area contributed by atoms with Crippen LogP contribution < -0.4 is 0 Å². The Morgan fingerprint density at radius 2 is 2.16 bits per heavy atom. The van der Waals surface area contributed by atoms with E-state index in [1.54, 1.807) is 31.3 Å². The molecule has 0 saturated carbocycles. The molecular weight excluding hydrogens is 240 g/mol. The molecule has 1 aromatic rings. The van der Waals surface area contributed by atoms with E-state index in [0.29, 0.717) is 11.1 Å². The van der Waals surface area contributed by atoms with Crippen molar-refractivity contribution in [1.82, 2.24) is 4.90 Å². The van der Waals surface area contributed by atoms with Crippen LogP contribution in [0.3, 0.4) is 0 Å². The number of carbonyl (C=O) groups excluding carboxylic acids is 1. The Bertz CT molecular complexity index is 549. The first-order valence-corrected chi connectivity index (χ1v) is 5.94. The Morgan fingerprint density at radius 3 is 2.79 bits per heavy atom. The van der Waals surface area contributed by atoms with Crippen LogP contribution in [0.25, 0.3) is 0 Å². The maximum atomic E-state index is 12.3. The molecule has 98 valence electrons. The second-order valence-corrected chi connectivity index (χ2v) is 4.13. The first-order valence-electron chi connectivity index (χ1n) is 5.94. The third-order valence-corrected chi connectivity index (χ3v) is 2.83. The van der Waals surface area contributed by atoms with Crippen molar-refractivity contribution in [1.29, 1.82) is 5.26 Å². The minimum absolute atomic E-state index is 0.156. The number of carbonyl (C=O) groups is 1. The van der Waals surface area contributed by atoms with E-state index in [0.717, 1.165) is 0 Å². The Kier molecular flexibility index (Phi) is 5.60. The highest BCUT2D eigenvalue weighted by Crippen LogP contribution is 2.12. The van der Waals surface area contributed by atoms with E-state index in [2.05, 4.69) is 11.8 Å². The van der Waals surface area contributed by atoms with Crippen molar-refractivity contribution >= 4 is 5.91 Å². The Morgan fingerprint density at radius 1 is 1.47 bits per heavy atom. The molecule has 4 nitrogen and oxygen atoms in total. The van der Waals surface area contributed by atoms with Crippen molar-refractivity contribution in [3.63, 3.8) is 0 Å². The van der Waals surface area contributed by atoms with E-state index in [9.17, 15) is 4.79 Å². The minimum Gasteiger partial charge on any atom is -0.384 e. The molecule has 0 spiro atoms. The van der Waals surface area contributed by atoms with Gasteiger partial charge in [-0.2, -0.15) is 5.26 Å². The number of nitrogens with zero attached hydrogens (tertiary/aromatic N) is 2. The predicted molar refractivity (Wildman–Crippen MR) is 72.2 cm³/mol. The van der Waals surface area contributed by atoms with Gasteiger partial charge in [-0.05, 0) is 19.1 Å². The molecule has 0 aliphatic rings. The van der Waals surface area contributed by atoms with E-state index in [1.807, 2.05) is 13.0 Å². The maximum Gasteiger partial charge on any atom is 0.255 e. The second-order valence-electron chi connectivity index (χ2n) is 4.13. The molecule has 1 rings (SSSR count). The lowest BCUT2D eigenvalue weighted by molar-refractivity contribution is 0.0746. The molecule has 0 bridgehead atoms. The largest absolute Gasteiger partial charge is 0.384 e. The Labute approximate surface area is 113 Å². The topological polar surface area (TPSA) is 64.3 Å². The molecule has 1 N–H and O–H groups in total. The molecule has 1 atom stereocenters. The number of amides is 1. The SMILES string of the molecule is CC(CC#N)N(C)C(=O)c1ccccc1C#CCO. The van der Waals surface area contributed by atoms with Crippen molar-refractivity contribution in [2.75, 3.05) is 13.7 Å². The molecule has 1 amide bonds. The summed E-state index contributed by atoms with van der Waals surface area (Å²) in [6, 6.07) is 8.87. The van der Waals surface area contributed by atoms with Gasteiger partial charge in [0.25, 0.3) is 5.91 Å². The van der Waals surface area contributed by atoms with Crippen molar-refractivity contribution in [3.05, 3.63) is 35.4 Å². The van der Waals surface area contributed by atoms with Crippen LogP contribution in [-0.2, 0) is 0 Å². The van der Waals surface area contributed by atoms with Crippen LogP contribution in [0.1, 0.15) is 29.3 Å². The summed E-state index contributed by atoms with van der Waals surface area (Å²) in [6.45, 7) is 1.58. The van der Waals surface area contributed by atoms with Gasteiger partial charge in [0.2, 0.25) is 0 Å². The Balaban J connectivity index is 3.03. The lowest BCUT2D eigenvalue weighted by atomic mass is 10.1. The first-order chi connectivity index (χ1) is 9.11. The second kappa shape index (κ2) is 7.20. The Hall–Kier alpha value is -2.30. The summed E-state index contributed by atoms with van der Waals surface area (Å²) in [4.78, 5) is 13.9. The van der Waals surface area contributed by atoms with Gasteiger partial charge in [-0.1, -0.05) is 24.0 Å². The van der Waals surface area contributed by atoms with Gasteiger partial charge in [0, 0.05) is 18.7 Å². The highest BCUT2D eigenvalue weighted by atomic mass is 16.2. The minimum atomic E-state index is -0.247. The fourth-order valence-electron chi connectivity index (χ4n) is 1.57. The predicted octanol–water partition coefficient (Wildman–Crippen LogP) is 1.40. The smallest absolute Gasteiger partial charge is 0.255 e. The van der Waals surface area contributed by atoms with Crippen molar-refractivity contribution < 1.29 is 9.90 Å². The van der Waals surface area contributed by atoms with Crippen LogP contribution in [0, 0.1) is 23.2 Å². The number of rotatable bonds is 3. The van der Waals surface area contributed by atoms with Crippen LogP contribution in [0.4, 0.5) is 0 Å². The quantitative estimate of drug-likeness (QED) is 0.831. The number of nitriles is 1. The van der Waals surface area contributed by atoms with Gasteiger partial charge in [0.1, 0.15) is 6.61 Å². The van der Waals surface area contributed by atoms with E-state index in [-0.39, 0.29) is 25.0 Å². The lowest BCUT2D eigenvalue weighted by Gasteiger charge is -2.23. The van der Waals surface area contributed by atoms with Gasteiger partial charge >= 0.3 is 0 Å². The van der Waals surface area contributed by atoms with E-state index in [4.69, 9.17) is 10.4 Å². The number of hydrogen-bond acceptors (Lipinski definition) is 3. The highest BCUT2D eigenvalue weighted by molar-refractivity contribution is 5.96. The summed E-state index contributed by atoms with van der Waals surface area (Å²) in [5, 5.41) is 17.4. The summed E-state index contributed by atoms with van der Waals surface area (Å²) in [5.74, 6) is 5.12. The number of hydrogen-bond donors (Lipinski definition) is 1. The van der Waals surface area contributed by atoms with Crippen molar-refractivity contribution in [2.45, 2.75) is 19.4 Å². The summed E-state index contributed by atoms with van der Waals surface area (Å²) < 4.78 is 0. The van der Waals surface area contributed by atoms with E-state index >= 15 is 0 Å². The van der Waals surface area contributed by atoms with Gasteiger partial charge in [-0.15, -0.1) is 0 Å². The molecule has 0 aromatic heterocycles. The number of aliphatic hydroxyl groups excluding tert-OH is 1. The van der Waals surface area contributed by atoms with Crippen LogP contribution in [0.5, 0.6) is 0 Å². The van der Waals surface area contributed by atoms with Crippen LogP contribution >= 0.6 is 0 Å². The third-order valence-electron chi connectivity index (χ3n) is 2.83. The monoisotopic (exact) mass is 256 g/mol. The van der Waals surface area contributed by atoms with Crippen molar-refractivity contribution in [3.8, 4) is 17.9 Å². The summed E-state index contributed by atoms with van der Waals surface area (Å²) >= 11 is 0. The van der Waals surface area contributed by atoms with E-state index < -0.39 is 0 Å². The number of benzene rings is 1. The summed E-state index contributed by atoms with van der Waals surface area (Å²) in [6.07, 6.45) is 0.284. The molecule has 0 radical (unpaired) electrons. The van der Waals surface area contributed by atoms with Gasteiger partial charge in [-0.3, -0.25) is 4.79 Å². The van der Waals surface area contributed by atoms with Gasteiger partial charge < -0.3 is 10.0 Å². The molecule has 1 unspecified atom stereocenters. The van der Waals surface area contributed by atoms with Gasteiger partial charge in [0.05, 0.1) is 18.1 Å². The van der Waals surface area contributed by atoms with Gasteiger partial charge in [0.15, 0.2) is 0 Å². The van der Waals surface area contributed by atoms with Crippen LogP contribution in [-0.4, -0.2) is 35.6 Å². The molecule has 0 aliphatic carbocycles. The van der Waals surface area contributed by atoms with E-state index in [1.165, 1.54) is 4.90 Å². The molecule has 0 fully saturated rings. The average molecular weight is 256 g/mol. The van der Waals surface area contributed by atoms with Gasteiger partial charge in [-0.25, -0.2) is 0 Å². The molecule has 0 heterocycles. The van der Waals surface area contributed by atoms with Crippen molar-refractivity contribution in [2.24, 2.45) is 0 Å². The average Bonchev–Trinajstić information content (AvgIpc) is 2.44. The van der Waals surface area contributed by atoms with Crippen LogP contribution in [0.2, 0.25) is 0 Å². The molecule has 19 heavy (non-hydrogen) atoms. The third kappa shape index (κ3) is 3.84. The zero-order valence-corrected chi connectivity index (χ0v) is 11.1.